The molecule has 1 heterocycles. The van der Waals surface area contributed by atoms with Gasteiger partial charge in [0.2, 0.25) is 0 Å². The number of benzene rings is 1. The lowest BCUT2D eigenvalue weighted by atomic mass is 10.2. The van der Waals surface area contributed by atoms with Crippen molar-refractivity contribution in [2.75, 3.05) is 5.75 Å². The third kappa shape index (κ3) is 4.01. The molecule has 0 fully saturated rings. The number of aliphatic hydroxyl groups is 1. The van der Waals surface area contributed by atoms with Gasteiger partial charge >= 0.3 is 0 Å². The number of halogens is 3. The Morgan fingerprint density at radius 3 is 2.58 bits per heavy atom. The predicted molar refractivity (Wildman–Crippen MR) is 81.4 cm³/mol. The molecule has 1 aromatic heterocycles. The Bertz CT molecular complexity index is 580. The van der Waals surface area contributed by atoms with Gasteiger partial charge in [-0.05, 0) is 18.2 Å². The second-order valence-electron chi connectivity index (χ2n) is 3.78. The molecule has 2 aromatic rings. The number of pyridine rings is 1. The van der Waals surface area contributed by atoms with Gasteiger partial charge in [0.15, 0.2) is 0 Å². The third-order valence-electron chi connectivity index (χ3n) is 2.39. The first kappa shape index (κ1) is 14.9. The number of aliphatic hydroxyl groups excluding tert-OH is 1. The van der Waals surface area contributed by atoms with Crippen LogP contribution >= 0.6 is 46.6 Å². The second-order valence-corrected chi connectivity index (χ2v) is 6.09. The first-order chi connectivity index (χ1) is 9.08. The van der Waals surface area contributed by atoms with Crippen LogP contribution in [0.2, 0.25) is 15.1 Å². The summed E-state index contributed by atoms with van der Waals surface area (Å²) in [5, 5.41) is 11.6. The summed E-state index contributed by atoms with van der Waals surface area (Å²) in [6.07, 6.45) is 0.692. The minimum absolute atomic E-state index is 0.361. The fourth-order valence-electron chi connectivity index (χ4n) is 1.48. The zero-order valence-electron chi connectivity index (χ0n) is 9.69. The minimum Gasteiger partial charge on any atom is -0.386 e. The largest absolute Gasteiger partial charge is 0.386 e. The Labute approximate surface area is 130 Å². The van der Waals surface area contributed by atoms with Crippen molar-refractivity contribution in [2.45, 2.75) is 11.0 Å². The molecule has 1 aromatic carbocycles. The summed E-state index contributed by atoms with van der Waals surface area (Å²) >= 11 is 19.3. The summed E-state index contributed by atoms with van der Waals surface area (Å²) in [5.74, 6) is 0.415. The average molecular weight is 335 g/mol. The smallest absolute Gasteiger partial charge is 0.107 e. The second kappa shape index (κ2) is 6.82. The lowest BCUT2D eigenvalue weighted by molar-refractivity contribution is 0.199. The summed E-state index contributed by atoms with van der Waals surface area (Å²) in [7, 11) is 0. The van der Waals surface area contributed by atoms with Crippen molar-refractivity contribution < 1.29 is 5.11 Å². The highest BCUT2D eigenvalue weighted by Gasteiger charge is 2.14. The highest BCUT2D eigenvalue weighted by molar-refractivity contribution is 7.99. The molecule has 1 atom stereocenters. The van der Waals surface area contributed by atoms with Gasteiger partial charge in [-0.2, -0.15) is 0 Å². The van der Waals surface area contributed by atoms with Crippen molar-refractivity contribution in [3.8, 4) is 0 Å². The molecule has 19 heavy (non-hydrogen) atoms. The normalized spacial score (nSPS) is 12.4. The van der Waals surface area contributed by atoms with E-state index in [0.29, 0.717) is 26.5 Å². The first-order valence-corrected chi connectivity index (χ1v) is 7.56. The predicted octanol–water partition coefficient (Wildman–Crippen LogP) is 4.87. The molecular formula is C13H10Cl3NOS. The van der Waals surface area contributed by atoms with Crippen LogP contribution in [0.4, 0.5) is 0 Å². The van der Waals surface area contributed by atoms with Crippen LogP contribution in [0.15, 0.2) is 41.4 Å². The van der Waals surface area contributed by atoms with E-state index >= 15 is 0 Å². The average Bonchev–Trinajstić information content (AvgIpc) is 2.37. The molecule has 0 saturated carbocycles. The molecule has 0 aliphatic rings. The van der Waals surface area contributed by atoms with E-state index in [-0.39, 0.29) is 0 Å². The van der Waals surface area contributed by atoms with Gasteiger partial charge in [0.05, 0.1) is 20.8 Å². The quantitative estimate of drug-likeness (QED) is 0.810. The van der Waals surface area contributed by atoms with Gasteiger partial charge in [-0.25, -0.2) is 0 Å². The Morgan fingerprint density at radius 1 is 1.16 bits per heavy atom. The van der Waals surface area contributed by atoms with E-state index in [4.69, 9.17) is 34.8 Å². The molecule has 0 aliphatic carbocycles. The van der Waals surface area contributed by atoms with Gasteiger partial charge in [0.25, 0.3) is 0 Å². The first-order valence-electron chi connectivity index (χ1n) is 5.44. The molecule has 0 amide bonds. The fraction of sp³-hybridized carbons (Fsp3) is 0.154. The van der Waals surface area contributed by atoms with Crippen LogP contribution in [0.25, 0.3) is 0 Å². The number of rotatable bonds is 4. The van der Waals surface area contributed by atoms with E-state index in [2.05, 4.69) is 4.98 Å². The van der Waals surface area contributed by atoms with Gasteiger partial charge in [0, 0.05) is 16.8 Å². The topological polar surface area (TPSA) is 33.1 Å². The number of nitrogens with zero attached hydrogens (tertiary/aromatic N) is 1. The Hall–Kier alpha value is -0.450. The maximum Gasteiger partial charge on any atom is 0.107 e. The molecule has 0 bridgehead atoms. The van der Waals surface area contributed by atoms with Gasteiger partial charge in [0.1, 0.15) is 6.10 Å². The van der Waals surface area contributed by atoms with Crippen molar-refractivity contribution in [3.05, 3.63) is 57.3 Å². The Balaban J connectivity index is 2.05. The fourth-order valence-corrected chi connectivity index (χ4v) is 3.16. The van der Waals surface area contributed by atoms with Crippen molar-refractivity contribution in [2.24, 2.45) is 0 Å². The van der Waals surface area contributed by atoms with Crippen molar-refractivity contribution in [3.63, 3.8) is 0 Å². The van der Waals surface area contributed by atoms with E-state index in [1.165, 1.54) is 18.0 Å². The standard InChI is InChI=1S/C13H10Cl3NOS/c14-8-5-10(16)13(17-6-8)11(18)7-19-12-4-2-1-3-9(12)15/h1-6,11,18H,7H2. The van der Waals surface area contributed by atoms with Crippen LogP contribution in [0, 0.1) is 0 Å². The number of hydrogen-bond acceptors (Lipinski definition) is 3. The summed E-state index contributed by atoms with van der Waals surface area (Å²) in [6, 6.07) is 9.03. The molecule has 0 radical (unpaired) electrons. The van der Waals surface area contributed by atoms with Crippen LogP contribution in [0.5, 0.6) is 0 Å². The number of hydrogen-bond donors (Lipinski definition) is 1. The van der Waals surface area contributed by atoms with Crippen molar-refractivity contribution >= 4 is 46.6 Å². The zero-order chi connectivity index (χ0) is 13.8. The molecule has 2 rings (SSSR count). The van der Waals surface area contributed by atoms with Crippen molar-refractivity contribution in [1.82, 2.24) is 4.98 Å². The number of aromatic nitrogens is 1. The molecule has 0 saturated heterocycles. The van der Waals surface area contributed by atoms with Crippen LogP contribution in [0.1, 0.15) is 11.8 Å². The molecule has 2 nitrogen and oxygen atoms in total. The monoisotopic (exact) mass is 333 g/mol. The van der Waals surface area contributed by atoms with Crippen molar-refractivity contribution in [1.29, 1.82) is 0 Å². The summed E-state index contributed by atoms with van der Waals surface area (Å²) in [6.45, 7) is 0. The molecule has 1 N–H and O–H groups in total. The van der Waals surface area contributed by atoms with Gasteiger partial charge in [-0.3, -0.25) is 4.98 Å². The lowest BCUT2D eigenvalue weighted by Gasteiger charge is -2.12. The van der Waals surface area contributed by atoms with E-state index in [1.54, 1.807) is 6.07 Å². The van der Waals surface area contributed by atoms with E-state index in [0.717, 1.165) is 4.90 Å². The lowest BCUT2D eigenvalue weighted by Crippen LogP contribution is -2.04. The molecule has 6 heteroatoms. The van der Waals surface area contributed by atoms with Crippen LogP contribution in [-0.4, -0.2) is 15.8 Å². The van der Waals surface area contributed by atoms with Crippen LogP contribution in [0.3, 0.4) is 0 Å². The zero-order valence-corrected chi connectivity index (χ0v) is 12.8. The summed E-state index contributed by atoms with van der Waals surface area (Å²) < 4.78 is 0. The van der Waals surface area contributed by atoms with Gasteiger partial charge in [-0.1, -0.05) is 46.9 Å². The molecule has 100 valence electrons. The molecule has 0 aliphatic heterocycles. The van der Waals surface area contributed by atoms with Crippen LogP contribution in [-0.2, 0) is 0 Å². The van der Waals surface area contributed by atoms with E-state index in [1.807, 2.05) is 24.3 Å². The minimum atomic E-state index is -0.772. The molecular weight excluding hydrogens is 325 g/mol. The Morgan fingerprint density at radius 2 is 1.89 bits per heavy atom. The van der Waals surface area contributed by atoms with Gasteiger partial charge < -0.3 is 5.11 Å². The maximum atomic E-state index is 10.1. The van der Waals surface area contributed by atoms with Gasteiger partial charge in [-0.15, -0.1) is 11.8 Å². The maximum absolute atomic E-state index is 10.1. The summed E-state index contributed by atoms with van der Waals surface area (Å²) in [5.41, 5.74) is 0.422. The molecule has 1 unspecified atom stereocenters. The highest BCUT2D eigenvalue weighted by Crippen LogP contribution is 2.31. The number of thioether (sulfide) groups is 1. The SMILES string of the molecule is OC(CSc1ccccc1Cl)c1ncc(Cl)cc1Cl. The van der Waals surface area contributed by atoms with E-state index in [9.17, 15) is 5.11 Å². The highest BCUT2D eigenvalue weighted by atomic mass is 35.5. The van der Waals surface area contributed by atoms with Crippen LogP contribution < -0.4 is 0 Å². The third-order valence-corrected chi connectivity index (χ3v) is 4.49. The van der Waals surface area contributed by atoms with E-state index < -0.39 is 6.10 Å². The molecule has 0 spiro atoms. The summed E-state index contributed by atoms with van der Waals surface area (Å²) in [4.78, 5) is 4.96. The Kier molecular flexibility index (Phi) is 5.37.